The largest absolute Gasteiger partial charge is 0.433 e. The van der Waals surface area contributed by atoms with Gasteiger partial charge in [0.05, 0.1) is 5.71 Å². The first kappa shape index (κ1) is 15.1. The molecule has 2 fully saturated rings. The van der Waals surface area contributed by atoms with Crippen molar-refractivity contribution in [3.8, 4) is 0 Å². The van der Waals surface area contributed by atoms with E-state index in [1.165, 1.54) is 6.42 Å². The van der Waals surface area contributed by atoms with Gasteiger partial charge in [-0.1, -0.05) is 56.3 Å². The van der Waals surface area contributed by atoms with Crippen molar-refractivity contribution in [3.63, 3.8) is 0 Å². The van der Waals surface area contributed by atoms with Crippen LogP contribution < -0.4 is 5.32 Å². The third-order valence-corrected chi connectivity index (χ3v) is 5.44. The standard InChI is InChI=1S/C18H24N2O2/c1-17(2)14-9-10-18(3,11-14)15(17)20-22-16(21)19-12-13-7-5-4-6-8-13/h4-8,14H,9-12H2,1-3H3,(H,19,21)/b20-15+. The molecule has 0 aromatic heterocycles. The van der Waals surface area contributed by atoms with Gasteiger partial charge in [0.2, 0.25) is 0 Å². The minimum absolute atomic E-state index is 0.0344. The molecule has 1 amide bonds. The fourth-order valence-corrected chi connectivity index (χ4v) is 4.16. The van der Waals surface area contributed by atoms with Gasteiger partial charge in [0.1, 0.15) is 0 Å². The highest BCUT2D eigenvalue weighted by molar-refractivity contribution is 5.97. The van der Waals surface area contributed by atoms with Gasteiger partial charge < -0.3 is 5.32 Å². The van der Waals surface area contributed by atoms with Gasteiger partial charge in [-0.25, -0.2) is 4.79 Å². The maximum Gasteiger partial charge on any atom is 0.433 e. The minimum Gasteiger partial charge on any atom is -0.316 e. The number of hydrogen-bond acceptors (Lipinski definition) is 3. The summed E-state index contributed by atoms with van der Waals surface area (Å²) in [4.78, 5) is 17.0. The van der Waals surface area contributed by atoms with Gasteiger partial charge in [0, 0.05) is 17.4 Å². The normalized spacial score (nSPS) is 30.5. The molecule has 1 N–H and O–H groups in total. The van der Waals surface area contributed by atoms with Crippen LogP contribution in [0.4, 0.5) is 4.79 Å². The van der Waals surface area contributed by atoms with E-state index in [4.69, 9.17) is 4.84 Å². The number of amides is 1. The number of carbonyl (C=O) groups is 1. The first-order valence-electron chi connectivity index (χ1n) is 7.99. The summed E-state index contributed by atoms with van der Waals surface area (Å²) in [6.45, 7) is 7.12. The van der Waals surface area contributed by atoms with Crippen LogP contribution in [-0.2, 0) is 11.4 Å². The second kappa shape index (κ2) is 5.41. The zero-order valence-corrected chi connectivity index (χ0v) is 13.6. The fraction of sp³-hybridized carbons (Fsp3) is 0.556. The molecule has 1 aromatic rings. The van der Waals surface area contributed by atoms with Gasteiger partial charge in [0.15, 0.2) is 0 Å². The highest BCUT2D eigenvalue weighted by Gasteiger charge is 2.57. The fourth-order valence-electron chi connectivity index (χ4n) is 4.16. The summed E-state index contributed by atoms with van der Waals surface area (Å²) in [6.07, 6.45) is 3.07. The molecule has 0 heterocycles. The van der Waals surface area contributed by atoms with Crippen LogP contribution in [0.25, 0.3) is 0 Å². The second-order valence-corrected chi connectivity index (χ2v) is 7.38. The van der Waals surface area contributed by atoms with Crippen molar-refractivity contribution in [1.82, 2.24) is 5.32 Å². The van der Waals surface area contributed by atoms with E-state index in [9.17, 15) is 4.79 Å². The Balaban J connectivity index is 1.60. The number of rotatable bonds is 3. The first-order valence-corrected chi connectivity index (χ1v) is 7.99. The van der Waals surface area contributed by atoms with Crippen LogP contribution in [0.3, 0.4) is 0 Å². The molecule has 0 saturated heterocycles. The maximum atomic E-state index is 11.9. The Kier molecular flexibility index (Phi) is 3.71. The topological polar surface area (TPSA) is 50.7 Å². The van der Waals surface area contributed by atoms with Gasteiger partial charge in [-0.15, -0.1) is 0 Å². The Hall–Kier alpha value is -1.84. The monoisotopic (exact) mass is 300 g/mol. The number of benzene rings is 1. The molecule has 3 rings (SSSR count). The Bertz CT molecular complexity index is 588. The zero-order valence-electron chi connectivity index (χ0n) is 13.6. The van der Waals surface area contributed by atoms with Gasteiger partial charge in [-0.3, -0.25) is 4.84 Å². The number of nitrogens with one attached hydrogen (secondary N) is 1. The summed E-state index contributed by atoms with van der Waals surface area (Å²) in [6, 6.07) is 9.77. The minimum atomic E-state index is -0.487. The van der Waals surface area contributed by atoms with E-state index in [1.807, 2.05) is 30.3 Å². The molecule has 2 saturated carbocycles. The lowest BCUT2D eigenvalue weighted by Crippen LogP contribution is -2.36. The predicted molar refractivity (Wildman–Crippen MR) is 86.4 cm³/mol. The molecule has 2 bridgehead atoms. The quantitative estimate of drug-likeness (QED) is 0.674. The average molecular weight is 300 g/mol. The Morgan fingerprint density at radius 1 is 1.32 bits per heavy atom. The van der Waals surface area contributed by atoms with Crippen LogP contribution in [0.15, 0.2) is 35.5 Å². The van der Waals surface area contributed by atoms with Crippen molar-refractivity contribution < 1.29 is 9.63 Å². The van der Waals surface area contributed by atoms with Gasteiger partial charge in [0.25, 0.3) is 0 Å². The van der Waals surface area contributed by atoms with Crippen molar-refractivity contribution in [2.75, 3.05) is 0 Å². The van der Waals surface area contributed by atoms with Crippen molar-refractivity contribution in [1.29, 1.82) is 0 Å². The van der Waals surface area contributed by atoms with E-state index in [0.29, 0.717) is 12.5 Å². The highest BCUT2D eigenvalue weighted by atomic mass is 16.7. The van der Waals surface area contributed by atoms with E-state index in [0.717, 1.165) is 24.1 Å². The Labute approximate surface area is 131 Å². The number of oxime groups is 1. The highest BCUT2D eigenvalue weighted by Crippen LogP contribution is 2.60. The zero-order chi connectivity index (χ0) is 15.8. The third-order valence-electron chi connectivity index (χ3n) is 5.44. The molecule has 2 aliphatic rings. The molecule has 118 valence electrons. The van der Waals surface area contributed by atoms with Crippen LogP contribution in [0.1, 0.15) is 45.6 Å². The third kappa shape index (κ3) is 2.62. The van der Waals surface area contributed by atoms with E-state index in [1.54, 1.807) is 0 Å². The van der Waals surface area contributed by atoms with Crippen LogP contribution >= 0.6 is 0 Å². The summed E-state index contributed by atoms with van der Waals surface area (Å²) in [5.74, 6) is 0.659. The molecule has 4 heteroatoms. The van der Waals surface area contributed by atoms with Crippen molar-refractivity contribution >= 4 is 11.8 Å². The number of carbonyl (C=O) groups excluding carboxylic acids is 1. The number of fused-ring (bicyclic) bond motifs is 2. The predicted octanol–water partition coefficient (Wildman–Crippen LogP) is 4.12. The van der Waals surface area contributed by atoms with E-state index < -0.39 is 6.09 Å². The molecular weight excluding hydrogens is 276 g/mol. The number of hydrogen-bond donors (Lipinski definition) is 1. The molecule has 2 aliphatic carbocycles. The molecule has 0 radical (unpaired) electrons. The van der Waals surface area contributed by atoms with Gasteiger partial charge in [-0.05, 0) is 30.7 Å². The maximum absolute atomic E-state index is 11.9. The van der Waals surface area contributed by atoms with Crippen LogP contribution in [0.2, 0.25) is 0 Å². The summed E-state index contributed by atoms with van der Waals surface area (Å²) in [5, 5.41) is 6.99. The lowest BCUT2D eigenvalue weighted by Gasteiger charge is -2.34. The molecular formula is C18H24N2O2. The second-order valence-electron chi connectivity index (χ2n) is 7.38. The Morgan fingerprint density at radius 2 is 2.05 bits per heavy atom. The molecule has 2 atom stereocenters. The molecule has 22 heavy (non-hydrogen) atoms. The smallest absolute Gasteiger partial charge is 0.316 e. The van der Waals surface area contributed by atoms with Crippen molar-refractivity contribution in [2.45, 2.75) is 46.6 Å². The SMILES string of the molecule is CC12CCC(C1)C(C)(C)/C2=N\OC(=O)NCc1ccccc1. The Morgan fingerprint density at radius 3 is 2.68 bits per heavy atom. The molecule has 0 spiro atoms. The lowest BCUT2D eigenvalue weighted by molar-refractivity contribution is 0.146. The number of nitrogens with zero attached hydrogens (tertiary/aromatic N) is 1. The first-order chi connectivity index (χ1) is 10.4. The van der Waals surface area contributed by atoms with Gasteiger partial charge in [-0.2, -0.15) is 0 Å². The molecule has 2 unspecified atom stereocenters. The van der Waals surface area contributed by atoms with Crippen LogP contribution in [-0.4, -0.2) is 11.8 Å². The molecule has 0 aliphatic heterocycles. The molecule has 1 aromatic carbocycles. The molecule has 4 nitrogen and oxygen atoms in total. The van der Waals surface area contributed by atoms with Crippen LogP contribution in [0, 0.1) is 16.7 Å². The summed E-state index contributed by atoms with van der Waals surface area (Å²) >= 11 is 0. The van der Waals surface area contributed by atoms with Crippen molar-refractivity contribution in [3.05, 3.63) is 35.9 Å². The van der Waals surface area contributed by atoms with E-state index in [2.05, 4.69) is 31.2 Å². The van der Waals surface area contributed by atoms with Crippen molar-refractivity contribution in [2.24, 2.45) is 21.9 Å². The van der Waals surface area contributed by atoms with E-state index in [-0.39, 0.29) is 10.8 Å². The summed E-state index contributed by atoms with van der Waals surface area (Å²) < 4.78 is 0. The van der Waals surface area contributed by atoms with Crippen LogP contribution in [0.5, 0.6) is 0 Å². The summed E-state index contributed by atoms with van der Waals surface area (Å²) in [7, 11) is 0. The van der Waals surface area contributed by atoms with E-state index >= 15 is 0 Å². The average Bonchev–Trinajstić information content (AvgIpc) is 2.97. The lowest BCUT2D eigenvalue weighted by atomic mass is 9.71. The summed E-state index contributed by atoms with van der Waals surface area (Å²) in [5.41, 5.74) is 2.23. The van der Waals surface area contributed by atoms with Gasteiger partial charge >= 0.3 is 6.09 Å².